The summed E-state index contributed by atoms with van der Waals surface area (Å²) in [5.41, 5.74) is 0. The van der Waals surface area contributed by atoms with Crippen molar-refractivity contribution in [2.24, 2.45) is 0 Å². The minimum absolute atomic E-state index is 0.293. The summed E-state index contributed by atoms with van der Waals surface area (Å²) >= 11 is 0. The highest BCUT2D eigenvalue weighted by Crippen LogP contribution is 2.37. The van der Waals surface area contributed by atoms with E-state index in [9.17, 15) is 0 Å². The Labute approximate surface area is 105 Å². The van der Waals surface area contributed by atoms with Gasteiger partial charge in [0, 0.05) is 24.7 Å². The van der Waals surface area contributed by atoms with Crippen LogP contribution in [0.5, 0.6) is 11.5 Å². The van der Waals surface area contributed by atoms with Gasteiger partial charge in [-0.3, -0.25) is 0 Å². The highest BCUT2D eigenvalue weighted by Gasteiger charge is 2.15. The Morgan fingerprint density at radius 2 is 2.06 bits per heavy atom. The molecule has 2 N–H and O–H groups in total. The predicted octanol–water partition coefficient (Wildman–Crippen LogP) is 1.59. The molecule has 0 unspecified atom stereocenters. The van der Waals surface area contributed by atoms with E-state index in [1.54, 1.807) is 6.20 Å². The third kappa shape index (κ3) is 1.93. The molecule has 0 atom stereocenters. The van der Waals surface area contributed by atoms with E-state index in [1.807, 2.05) is 25.2 Å². The third-order valence-corrected chi connectivity index (χ3v) is 2.93. The topological polar surface area (TPSA) is 55.4 Å². The number of nitrogens with zero attached hydrogens (tertiary/aromatic N) is 1. The first-order valence-corrected chi connectivity index (χ1v) is 5.95. The zero-order chi connectivity index (χ0) is 12.4. The van der Waals surface area contributed by atoms with Crippen LogP contribution < -0.4 is 20.1 Å². The number of benzene rings is 1. The second-order valence-electron chi connectivity index (χ2n) is 4.12. The lowest BCUT2D eigenvalue weighted by molar-refractivity contribution is 0.174. The van der Waals surface area contributed by atoms with Gasteiger partial charge in [-0.25, -0.2) is 4.98 Å². The summed E-state index contributed by atoms with van der Waals surface area (Å²) in [5, 5.41) is 8.55. The van der Waals surface area contributed by atoms with Crippen LogP contribution in [0.4, 0.5) is 5.82 Å². The summed E-state index contributed by atoms with van der Waals surface area (Å²) in [4.78, 5) is 4.37. The van der Waals surface area contributed by atoms with Crippen molar-refractivity contribution in [1.29, 1.82) is 0 Å². The van der Waals surface area contributed by atoms with Crippen LogP contribution in [-0.2, 0) is 0 Å². The number of nitrogens with one attached hydrogen (secondary N) is 2. The lowest BCUT2D eigenvalue weighted by Crippen LogP contribution is -2.18. The molecule has 1 aromatic carbocycles. The van der Waals surface area contributed by atoms with Gasteiger partial charge in [-0.2, -0.15) is 0 Å². The SMILES string of the molecule is CNCCNc1nccc2cc3c(cc12)OCO3. The minimum Gasteiger partial charge on any atom is -0.454 e. The van der Waals surface area contributed by atoms with Crippen LogP contribution in [0.15, 0.2) is 24.4 Å². The molecular formula is C13H15N3O2. The van der Waals surface area contributed by atoms with Gasteiger partial charge in [0.2, 0.25) is 6.79 Å². The van der Waals surface area contributed by atoms with Crippen molar-refractivity contribution in [2.45, 2.75) is 0 Å². The lowest BCUT2D eigenvalue weighted by Gasteiger charge is -2.09. The first-order chi connectivity index (χ1) is 8.88. The largest absolute Gasteiger partial charge is 0.454 e. The van der Waals surface area contributed by atoms with Gasteiger partial charge in [-0.05, 0) is 30.6 Å². The van der Waals surface area contributed by atoms with Crippen LogP contribution in [0.3, 0.4) is 0 Å². The molecule has 0 aliphatic carbocycles. The molecule has 2 aromatic rings. The van der Waals surface area contributed by atoms with E-state index in [-0.39, 0.29) is 0 Å². The van der Waals surface area contributed by atoms with Gasteiger partial charge in [-0.15, -0.1) is 0 Å². The van der Waals surface area contributed by atoms with E-state index in [2.05, 4.69) is 15.6 Å². The Balaban J connectivity index is 1.99. The van der Waals surface area contributed by atoms with Crippen molar-refractivity contribution >= 4 is 16.6 Å². The van der Waals surface area contributed by atoms with E-state index in [1.165, 1.54) is 0 Å². The Kier molecular flexibility index (Phi) is 2.90. The number of ether oxygens (including phenoxy) is 2. The predicted molar refractivity (Wildman–Crippen MR) is 70.3 cm³/mol. The molecule has 3 rings (SSSR count). The lowest BCUT2D eigenvalue weighted by atomic mass is 10.1. The van der Waals surface area contributed by atoms with Gasteiger partial charge >= 0.3 is 0 Å². The Morgan fingerprint density at radius 1 is 1.22 bits per heavy atom. The normalized spacial score (nSPS) is 12.9. The standard InChI is InChI=1S/C13H15N3O2/c1-14-4-5-16-13-10-7-12-11(17-8-18-12)6-9(10)2-3-15-13/h2-3,6-7,14H,4-5,8H2,1H3,(H,15,16). The summed E-state index contributed by atoms with van der Waals surface area (Å²) in [7, 11) is 1.93. The number of fused-ring (bicyclic) bond motifs is 2. The van der Waals surface area contributed by atoms with Crippen LogP contribution in [0.25, 0.3) is 10.8 Å². The third-order valence-electron chi connectivity index (χ3n) is 2.93. The fourth-order valence-electron chi connectivity index (χ4n) is 2.01. The Bertz CT molecular complexity index is 571. The average molecular weight is 245 g/mol. The zero-order valence-corrected chi connectivity index (χ0v) is 10.2. The Hall–Kier alpha value is -2.01. The molecule has 1 aromatic heterocycles. The van der Waals surface area contributed by atoms with Crippen molar-refractivity contribution < 1.29 is 9.47 Å². The summed E-state index contributed by atoms with van der Waals surface area (Å²) in [6.07, 6.45) is 1.80. The molecule has 0 saturated carbocycles. The number of aromatic nitrogens is 1. The van der Waals surface area contributed by atoms with E-state index in [0.29, 0.717) is 6.79 Å². The number of pyridine rings is 1. The molecule has 1 aliphatic heterocycles. The maximum absolute atomic E-state index is 5.40. The molecular weight excluding hydrogens is 230 g/mol. The van der Waals surface area contributed by atoms with Crippen LogP contribution >= 0.6 is 0 Å². The van der Waals surface area contributed by atoms with Crippen LogP contribution in [-0.4, -0.2) is 31.9 Å². The fraction of sp³-hybridized carbons (Fsp3) is 0.308. The molecule has 0 spiro atoms. The van der Waals surface area contributed by atoms with Gasteiger partial charge in [-0.1, -0.05) is 0 Å². The van der Waals surface area contributed by atoms with Gasteiger partial charge in [0.1, 0.15) is 5.82 Å². The maximum Gasteiger partial charge on any atom is 0.231 e. The quantitative estimate of drug-likeness (QED) is 0.801. The highest BCUT2D eigenvalue weighted by molar-refractivity contribution is 5.94. The van der Waals surface area contributed by atoms with Crippen molar-refractivity contribution in [3.05, 3.63) is 24.4 Å². The Morgan fingerprint density at radius 3 is 2.89 bits per heavy atom. The second kappa shape index (κ2) is 4.70. The smallest absolute Gasteiger partial charge is 0.231 e. The number of likely N-dealkylation sites (N-methyl/N-ethyl adjacent to an activating group) is 1. The molecule has 0 fully saturated rings. The van der Waals surface area contributed by atoms with Crippen molar-refractivity contribution in [1.82, 2.24) is 10.3 Å². The summed E-state index contributed by atoms with van der Waals surface area (Å²) in [5.74, 6) is 2.46. The van der Waals surface area contributed by atoms with E-state index < -0.39 is 0 Å². The van der Waals surface area contributed by atoms with E-state index in [0.717, 1.165) is 41.2 Å². The number of hydrogen-bond acceptors (Lipinski definition) is 5. The second-order valence-corrected chi connectivity index (χ2v) is 4.12. The number of hydrogen-bond donors (Lipinski definition) is 2. The van der Waals surface area contributed by atoms with E-state index >= 15 is 0 Å². The van der Waals surface area contributed by atoms with Crippen LogP contribution in [0.1, 0.15) is 0 Å². The molecule has 0 bridgehead atoms. The van der Waals surface area contributed by atoms with Crippen LogP contribution in [0.2, 0.25) is 0 Å². The number of anilines is 1. The van der Waals surface area contributed by atoms with Gasteiger partial charge < -0.3 is 20.1 Å². The molecule has 2 heterocycles. The van der Waals surface area contributed by atoms with E-state index in [4.69, 9.17) is 9.47 Å². The first kappa shape index (κ1) is 11.1. The van der Waals surface area contributed by atoms with Gasteiger partial charge in [0.15, 0.2) is 11.5 Å². The summed E-state index contributed by atoms with van der Waals surface area (Å²) in [6.45, 7) is 2.02. The molecule has 5 nitrogen and oxygen atoms in total. The molecule has 0 saturated heterocycles. The maximum atomic E-state index is 5.40. The number of rotatable bonds is 4. The van der Waals surface area contributed by atoms with Gasteiger partial charge in [0.05, 0.1) is 0 Å². The van der Waals surface area contributed by atoms with Crippen molar-refractivity contribution in [3.63, 3.8) is 0 Å². The average Bonchev–Trinajstić information content (AvgIpc) is 2.84. The summed E-state index contributed by atoms with van der Waals surface area (Å²) in [6, 6.07) is 5.94. The van der Waals surface area contributed by atoms with Crippen molar-refractivity contribution in [2.75, 3.05) is 32.2 Å². The molecule has 18 heavy (non-hydrogen) atoms. The molecule has 0 amide bonds. The molecule has 94 valence electrons. The zero-order valence-electron chi connectivity index (χ0n) is 10.2. The van der Waals surface area contributed by atoms with Crippen molar-refractivity contribution in [3.8, 4) is 11.5 Å². The first-order valence-electron chi connectivity index (χ1n) is 5.95. The van der Waals surface area contributed by atoms with Crippen LogP contribution in [0, 0.1) is 0 Å². The molecule has 0 radical (unpaired) electrons. The highest BCUT2D eigenvalue weighted by atomic mass is 16.7. The minimum atomic E-state index is 0.293. The summed E-state index contributed by atoms with van der Waals surface area (Å²) < 4.78 is 10.8. The van der Waals surface area contributed by atoms with Gasteiger partial charge in [0.25, 0.3) is 0 Å². The molecule has 1 aliphatic rings. The fourth-order valence-corrected chi connectivity index (χ4v) is 2.01. The molecule has 5 heteroatoms. The monoisotopic (exact) mass is 245 g/mol.